The number of likely N-dealkylation sites (tertiary alicyclic amines) is 1. The van der Waals surface area contributed by atoms with E-state index in [-0.39, 0.29) is 24.2 Å². The number of rotatable bonds is 6. The van der Waals surface area contributed by atoms with Gasteiger partial charge in [-0.25, -0.2) is 4.39 Å². The van der Waals surface area contributed by atoms with Crippen molar-refractivity contribution in [3.63, 3.8) is 0 Å². The Balaban J connectivity index is 1.66. The van der Waals surface area contributed by atoms with Gasteiger partial charge in [-0.2, -0.15) is 0 Å². The maximum Gasteiger partial charge on any atom is 0.225 e. The van der Waals surface area contributed by atoms with E-state index < -0.39 is 11.5 Å². The molecule has 2 fully saturated rings. The van der Waals surface area contributed by atoms with Crippen molar-refractivity contribution in [2.75, 3.05) is 19.7 Å². The Morgan fingerprint density at radius 1 is 1.18 bits per heavy atom. The summed E-state index contributed by atoms with van der Waals surface area (Å²) in [6.07, 6.45) is 6.84. The first-order valence-corrected chi connectivity index (χ1v) is 10.8. The summed E-state index contributed by atoms with van der Waals surface area (Å²) >= 11 is 0. The molecule has 1 aliphatic heterocycles. The maximum absolute atomic E-state index is 13.2. The Kier molecular flexibility index (Phi) is 7.10. The number of hydrogen-bond donors (Lipinski definition) is 2. The molecule has 1 aliphatic carbocycles. The molecule has 2 N–H and O–H groups in total. The summed E-state index contributed by atoms with van der Waals surface area (Å²) in [6, 6.07) is 6.17. The van der Waals surface area contributed by atoms with Gasteiger partial charge in [0.15, 0.2) is 0 Å². The minimum Gasteiger partial charge on any atom is -0.396 e. The molecule has 0 unspecified atom stereocenters. The highest BCUT2D eigenvalue weighted by Crippen LogP contribution is 2.37. The van der Waals surface area contributed by atoms with Crippen molar-refractivity contribution in [1.82, 2.24) is 4.90 Å². The third-order valence-electron chi connectivity index (χ3n) is 6.87. The van der Waals surface area contributed by atoms with Crippen LogP contribution in [0.25, 0.3) is 0 Å². The number of aliphatic hydroxyl groups excluding tert-OH is 2. The van der Waals surface area contributed by atoms with Gasteiger partial charge in [0.1, 0.15) is 5.82 Å². The Hall–Kier alpha value is -1.46. The van der Waals surface area contributed by atoms with Gasteiger partial charge in [0.05, 0.1) is 12.7 Å². The van der Waals surface area contributed by atoms with Gasteiger partial charge in [-0.05, 0) is 62.1 Å². The van der Waals surface area contributed by atoms with Gasteiger partial charge in [-0.15, -0.1) is 0 Å². The molecule has 156 valence electrons. The van der Waals surface area contributed by atoms with E-state index in [1.54, 1.807) is 12.1 Å². The van der Waals surface area contributed by atoms with Crippen LogP contribution in [0.4, 0.5) is 4.39 Å². The summed E-state index contributed by atoms with van der Waals surface area (Å²) in [7, 11) is 0. The SMILES string of the molecule is CCCC1CCC(C(=O)N2CC[C@H](O)[C@@](CO)(Cc3ccc(F)cc3)C2)CC1. The average Bonchev–Trinajstić information content (AvgIpc) is 2.72. The molecule has 4 nitrogen and oxygen atoms in total. The molecular formula is C23H34FNO3. The highest BCUT2D eigenvalue weighted by Gasteiger charge is 2.44. The fraction of sp³-hybridized carbons (Fsp3) is 0.696. The first-order chi connectivity index (χ1) is 13.5. The molecule has 2 aliphatic rings. The molecule has 1 amide bonds. The van der Waals surface area contributed by atoms with Gasteiger partial charge in [0, 0.05) is 24.4 Å². The zero-order chi connectivity index (χ0) is 20.1. The largest absolute Gasteiger partial charge is 0.396 e. The standard InChI is InChI=1S/C23H34FNO3/c1-2-3-17-4-8-19(9-5-17)22(28)25-13-12-21(27)23(15-25,16-26)14-18-6-10-20(24)11-7-18/h6-7,10-11,17,19,21,26-27H,2-5,8-9,12-16H2,1H3/t17?,19?,21-,23-/m0/s1. The van der Waals surface area contributed by atoms with Crippen LogP contribution in [0.1, 0.15) is 57.4 Å². The number of piperidine rings is 1. The lowest BCUT2D eigenvalue weighted by molar-refractivity contribution is -0.147. The lowest BCUT2D eigenvalue weighted by Gasteiger charge is -2.46. The summed E-state index contributed by atoms with van der Waals surface area (Å²) in [4.78, 5) is 15.0. The van der Waals surface area contributed by atoms with Crippen molar-refractivity contribution >= 4 is 5.91 Å². The molecule has 1 aromatic rings. The van der Waals surface area contributed by atoms with Gasteiger partial charge in [-0.1, -0.05) is 31.9 Å². The predicted octanol–water partition coefficient (Wildman–Crippen LogP) is 3.55. The molecule has 0 bridgehead atoms. The van der Waals surface area contributed by atoms with Crippen LogP contribution in [0.5, 0.6) is 0 Å². The number of halogens is 1. The Morgan fingerprint density at radius 3 is 2.46 bits per heavy atom. The van der Waals surface area contributed by atoms with E-state index in [0.29, 0.717) is 25.9 Å². The van der Waals surface area contributed by atoms with Crippen LogP contribution in [0.3, 0.4) is 0 Å². The van der Waals surface area contributed by atoms with Crippen LogP contribution < -0.4 is 0 Å². The lowest BCUT2D eigenvalue weighted by Crippen LogP contribution is -2.57. The van der Waals surface area contributed by atoms with Crippen LogP contribution >= 0.6 is 0 Å². The van der Waals surface area contributed by atoms with Crippen molar-refractivity contribution in [3.8, 4) is 0 Å². The molecule has 1 saturated carbocycles. The molecule has 1 aromatic carbocycles. The molecule has 1 heterocycles. The van der Waals surface area contributed by atoms with Crippen molar-refractivity contribution < 1.29 is 19.4 Å². The Bertz CT molecular complexity index is 642. The number of carbonyl (C=O) groups is 1. The molecule has 0 aromatic heterocycles. The predicted molar refractivity (Wildman–Crippen MR) is 107 cm³/mol. The van der Waals surface area contributed by atoms with E-state index in [1.807, 2.05) is 4.90 Å². The zero-order valence-electron chi connectivity index (χ0n) is 16.9. The normalized spacial score (nSPS) is 31.0. The Labute approximate surface area is 167 Å². The monoisotopic (exact) mass is 391 g/mol. The Morgan fingerprint density at radius 2 is 1.86 bits per heavy atom. The third-order valence-corrected chi connectivity index (χ3v) is 6.87. The average molecular weight is 392 g/mol. The minimum atomic E-state index is -0.787. The number of hydrogen-bond acceptors (Lipinski definition) is 3. The number of amides is 1. The highest BCUT2D eigenvalue weighted by molar-refractivity contribution is 5.79. The molecule has 3 rings (SSSR count). The summed E-state index contributed by atoms with van der Waals surface area (Å²) in [5, 5.41) is 20.8. The van der Waals surface area contributed by atoms with Crippen LogP contribution in [0.15, 0.2) is 24.3 Å². The van der Waals surface area contributed by atoms with E-state index in [1.165, 1.54) is 25.0 Å². The van der Waals surface area contributed by atoms with Crippen LogP contribution in [0.2, 0.25) is 0 Å². The van der Waals surface area contributed by atoms with E-state index >= 15 is 0 Å². The van der Waals surface area contributed by atoms with E-state index in [0.717, 1.165) is 37.2 Å². The quantitative estimate of drug-likeness (QED) is 0.780. The number of carbonyl (C=O) groups excluding carboxylic acids is 1. The van der Waals surface area contributed by atoms with E-state index in [9.17, 15) is 19.4 Å². The van der Waals surface area contributed by atoms with Crippen molar-refractivity contribution in [2.45, 2.75) is 64.4 Å². The number of aliphatic hydroxyl groups is 2. The number of benzene rings is 1. The summed E-state index contributed by atoms with van der Waals surface area (Å²) in [6.45, 7) is 2.92. The fourth-order valence-corrected chi connectivity index (χ4v) is 5.10. The minimum absolute atomic E-state index is 0.0746. The van der Waals surface area contributed by atoms with E-state index in [4.69, 9.17) is 0 Å². The van der Waals surface area contributed by atoms with Gasteiger partial charge < -0.3 is 15.1 Å². The van der Waals surface area contributed by atoms with E-state index in [2.05, 4.69) is 6.92 Å². The highest BCUT2D eigenvalue weighted by atomic mass is 19.1. The lowest BCUT2D eigenvalue weighted by atomic mass is 9.72. The molecule has 0 radical (unpaired) electrons. The van der Waals surface area contributed by atoms with Gasteiger partial charge in [0.25, 0.3) is 0 Å². The topological polar surface area (TPSA) is 60.8 Å². The molecule has 2 atom stereocenters. The van der Waals surface area contributed by atoms with Gasteiger partial charge >= 0.3 is 0 Å². The van der Waals surface area contributed by atoms with Crippen LogP contribution in [-0.4, -0.2) is 46.8 Å². The summed E-state index contributed by atoms with van der Waals surface area (Å²) in [5.74, 6) is 0.707. The first kappa shape index (κ1) is 21.3. The second kappa shape index (κ2) is 9.36. The van der Waals surface area contributed by atoms with Crippen molar-refractivity contribution in [1.29, 1.82) is 0 Å². The summed E-state index contributed by atoms with van der Waals surface area (Å²) < 4.78 is 13.2. The third kappa shape index (κ3) is 4.74. The number of nitrogens with zero attached hydrogens (tertiary/aromatic N) is 1. The molecule has 5 heteroatoms. The van der Waals surface area contributed by atoms with Crippen molar-refractivity contribution in [3.05, 3.63) is 35.6 Å². The first-order valence-electron chi connectivity index (χ1n) is 10.8. The molecule has 1 saturated heterocycles. The smallest absolute Gasteiger partial charge is 0.225 e. The van der Waals surface area contributed by atoms with Crippen LogP contribution in [-0.2, 0) is 11.2 Å². The maximum atomic E-state index is 13.2. The second-order valence-electron chi connectivity index (χ2n) is 8.89. The second-order valence-corrected chi connectivity index (χ2v) is 8.89. The molecule has 28 heavy (non-hydrogen) atoms. The van der Waals surface area contributed by atoms with Crippen LogP contribution in [0, 0.1) is 23.1 Å². The summed E-state index contributed by atoms with van der Waals surface area (Å²) in [5.41, 5.74) is 0.0781. The molecule has 0 spiro atoms. The van der Waals surface area contributed by atoms with Gasteiger partial charge in [-0.3, -0.25) is 4.79 Å². The van der Waals surface area contributed by atoms with Gasteiger partial charge in [0.2, 0.25) is 5.91 Å². The zero-order valence-corrected chi connectivity index (χ0v) is 16.9. The molecular weight excluding hydrogens is 357 g/mol. The van der Waals surface area contributed by atoms with Crippen molar-refractivity contribution in [2.24, 2.45) is 17.3 Å². The fourth-order valence-electron chi connectivity index (χ4n) is 5.10.